The van der Waals surface area contributed by atoms with E-state index in [-0.39, 0.29) is 0 Å². The molecule has 1 aliphatic carbocycles. The number of nitrogens with zero attached hydrogens (tertiary/aromatic N) is 1. The topological polar surface area (TPSA) is 3.24 Å². The highest BCUT2D eigenvalue weighted by molar-refractivity contribution is 7.80. The summed E-state index contributed by atoms with van der Waals surface area (Å²) in [6, 6.07) is 8.67. The van der Waals surface area contributed by atoms with Gasteiger partial charge in [-0.1, -0.05) is 37.5 Å². The Morgan fingerprint density at radius 3 is 2.44 bits per heavy atom. The lowest BCUT2D eigenvalue weighted by Gasteiger charge is -2.40. The number of benzene rings is 1. The van der Waals surface area contributed by atoms with Crippen LogP contribution < -0.4 is 4.90 Å². The zero-order valence-electron chi connectivity index (χ0n) is 11.7. The molecule has 2 heteroatoms. The van der Waals surface area contributed by atoms with Crippen LogP contribution in [0.2, 0.25) is 0 Å². The molecule has 0 radical (unpaired) electrons. The van der Waals surface area contributed by atoms with Crippen LogP contribution in [-0.4, -0.2) is 19.3 Å². The molecule has 0 bridgehead atoms. The quantitative estimate of drug-likeness (QED) is 0.792. The first-order valence-corrected chi connectivity index (χ1v) is 7.68. The number of rotatable bonds is 4. The Morgan fingerprint density at radius 1 is 1.17 bits per heavy atom. The van der Waals surface area contributed by atoms with Crippen molar-refractivity contribution in [3.05, 3.63) is 29.8 Å². The van der Waals surface area contributed by atoms with Gasteiger partial charge in [0.1, 0.15) is 0 Å². The van der Waals surface area contributed by atoms with Gasteiger partial charge in [0.25, 0.3) is 0 Å². The summed E-state index contributed by atoms with van der Waals surface area (Å²) < 4.78 is 0. The molecule has 0 aliphatic heterocycles. The minimum atomic E-state index is 0.429. The summed E-state index contributed by atoms with van der Waals surface area (Å²) >= 11 is 4.64. The van der Waals surface area contributed by atoms with E-state index in [1.54, 1.807) is 0 Å². The maximum Gasteiger partial charge on any atom is 0.0393 e. The van der Waals surface area contributed by atoms with Crippen LogP contribution in [0.25, 0.3) is 0 Å². The molecular weight excluding hydrogens is 238 g/mol. The van der Waals surface area contributed by atoms with Gasteiger partial charge in [0.05, 0.1) is 0 Å². The van der Waals surface area contributed by atoms with Gasteiger partial charge >= 0.3 is 0 Å². The second kappa shape index (κ2) is 6.01. The third-order valence-corrected chi connectivity index (χ3v) is 5.02. The number of thiol groups is 1. The lowest BCUT2D eigenvalue weighted by Crippen LogP contribution is -2.39. The van der Waals surface area contributed by atoms with E-state index in [0.717, 1.165) is 12.3 Å². The van der Waals surface area contributed by atoms with E-state index >= 15 is 0 Å². The number of hydrogen-bond acceptors (Lipinski definition) is 2. The average Bonchev–Trinajstić information content (AvgIpc) is 2.40. The van der Waals surface area contributed by atoms with Crippen LogP contribution in [-0.2, 0) is 0 Å². The molecule has 0 heterocycles. The average molecular weight is 263 g/mol. The van der Waals surface area contributed by atoms with Crippen molar-refractivity contribution in [2.24, 2.45) is 5.41 Å². The first kappa shape index (κ1) is 13.8. The standard InChI is InChI=1S/C16H25NS/c1-14-8-4-5-9-15(14)17(2)12-16(13-18)10-6-3-7-11-16/h4-5,8-9,18H,3,6-7,10-13H2,1-2H3. The van der Waals surface area contributed by atoms with E-state index in [1.807, 2.05) is 0 Å². The zero-order chi connectivity index (χ0) is 13.0. The molecule has 2 rings (SSSR count). The van der Waals surface area contributed by atoms with Crippen LogP contribution in [0.1, 0.15) is 37.7 Å². The third kappa shape index (κ3) is 3.03. The van der Waals surface area contributed by atoms with E-state index in [9.17, 15) is 0 Å². The van der Waals surface area contributed by atoms with Gasteiger partial charge in [-0.25, -0.2) is 0 Å². The summed E-state index contributed by atoms with van der Waals surface area (Å²) in [4.78, 5) is 2.43. The number of para-hydroxylation sites is 1. The van der Waals surface area contributed by atoms with Crippen molar-refractivity contribution in [2.45, 2.75) is 39.0 Å². The molecule has 0 saturated heterocycles. The van der Waals surface area contributed by atoms with Crippen LogP contribution in [0.4, 0.5) is 5.69 Å². The largest absolute Gasteiger partial charge is 0.374 e. The van der Waals surface area contributed by atoms with Gasteiger partial charge in [0.2, 0.25) is 0 Å². The highest BCUT2D eigenvalue weighted by atomic mass is 32.1. The van der Waals surface area contributed by atoms with Gasteiger partial charge in [-0.15, -0.1) is 0 Å². The van der Waals surface area contributed by atoms with E-state index in [0.29, 0.717) is 5.41 Å². The summed E-state index contributed by atoms with van der Waals surface area (Å²) in [6.45, 7) is 3.33. The molecule has 100 valence electrons. The van der Waals surface area contributed by atoms with Crippen molar-refractivity contribution >= 4 is 18.3 Å². The van der Waals surface area contributed by atoms with Crippen LogP contribution >= 0.6 is 12.6 Å². The maximum absolute atomic E-state index is 4.64. The fraction of sp³-hybridized carbons (Fsp3) is 0.625. The normalized spacial score (nSPS) is 18.6. The van der Waals surface area contributed by atoms with Gasteiger partial charge < -0.3 is 4.90 Å². The van der Waals surface area contributed by atoms with Gasteiger partial charge in [-0.05, 0) is 42.6 Å². The molecule has 0 unspecified atom stereocenters. The van der Waals surface area contributed by atoms with E-state index in [4.69, 9.17) is 0 Å². The maximum atomic E-state index is 4.64. The highest BCUT2D eigenvalue weighted by Gasteiger charge is 2.32. The number of anilines is 1. The van der Waals surface area contributed by atoms with Crippen molar-refractivity contribution in [3.8, 4) is 0 Å². The summed E-state index contributed by atoms with van der Waals surface area (Å²) in [5.41, 5.74) is 3.16. The molecule has 18 heavy (non-hydrogen) atoms. The Morgan fingerprint density at radius 2 is 1.83 bits per heavy atom. The van der Waals surface area contributed by atoms with Crippen molar-refractivity contribution < 1.29 is 0 Å². The SMILES string of the molecule is Cc1ccccc1N(C)CC1(CS)CCCCC1. The van der Waals surface area contributed by atoms with Gasteiger partial charge in [0.15, 0.2) is 0 Å². The van der Waals surface area contributed by atoms with Crippen LogP contribution in [0.15, 0.2) is 24.3 Å². The Labute approximate surface area is 117 Å². The smallest absolute Gasteiger partial charge is 0.0393 e. The Kier molecular flexibility index (Phi) is 4.60. The molecule has 1 aromatic rings. The van der Waals surface area contributed by atoms with E-state index in [1.165, 1.54) is 43.4 Å². The number of hydrogen-bond donors (Lipinski definition) is 1. The third-order valence-electron chi connectivity index (χ3n) is 4.35. The Hall–Kier alpha value is -0.630. The van der Waals surface area contributed by atoms with Gasteiger partial charge in [-0.3, -0.25) is 0 Å². The summed E-state index contributed by atoms with van der Waals surface area (Å²) in [6.07, 6.45) is 6.84. The highest BCUT2D eigenvalue weighted by Crippen LogP contribution is 2.38. The van der Waals surface area contributed by atoms with Crippen LogP contribution in [0.5, 0.6) is 0 Å². The first-order valence-electron chi connectivity index (χ1n) is 7.04. The van der Waals surface area contributed by atoms with E-state index < -0.39 is 0 Å². The zero-order valence-corrected chi connectivity index (χ0v) is 12.5. The molecule has 1 fully saturated rings. The minimum absolute atomic E-state index is 0.429. The summed E-state index contributed by atoms with van der Waals surface area (Å²) in [5, 5.41) is 0. The molecule has 0 aromatic heterocycles. The van der Waals surface area contributed by atoms with Gasteiger partial charge in [-0.2, -0.15) is 12.6 Å². The molecule has 0 amide bonds. The van der Waals surface area contributed by atoms with E-state index in [2.05, 4.69) is 55.8 Å². The second-order valence-corrected chi connectivity index (χ2v) is 6.18. The Balaban J connectivity index is 2.10. The monoisotopic (exact) mass is 263 g/mol. The molecule has 0 N–H and O–H groups in total. The molecule has 1 aliphatic rings. The second-order valence-electron chi connectivity index (χ2n) is 5.86. The fourth-order valence-corrected chi connectivity index (χ4v) is 3.66. The van der Waals surface area contributed by atoms with Crippen molar-refractivity contribution in [2.75, 3.05) is 24.2 Å². The number of aryl methyl sites for hydroxylation is 1. The predicted octanol–water partition coefficient (Wildman–Crippen LogP) is 4.31. The molecular formula is C16H25NS. The van der Waals surface area contributed by atoms with Crippen molar-refractivity contribution in [1.82, 2.24) is 0 Å². The fourth-order valence-electron chi connectivity index (χ4n) is 3.25. The molecule has 1 aromatic carbocycles. The molecule has 1 nitrogen and oxygen atoms in total. The van der Waals surface area contributed by atoms with Crippen molar-refractivity contribution in [1.29, 1.82) is 0 Å². The lowest BCUT2D eigenvalue weighted by molar-refractivity contribution is 0.230. The molecule has 1 saturated carbocycles. The van der Waals surface area contributed by atoms with Crippen LogP contribution in [0.3, 0.4) is 0 Å². The van der Waals surface area contributed by atoms with Crippen LogP contribution in [0, 0.1) is 12.3 Å². The van der Waals surface area contributed by atoms with Crippen molar-refractivity contribution in [3.63, 3.8) is 0 Å². The Bertz CT molecular complexity index is 382. The summed E-state index contributed by atoms with van der Waals surface area (Å²) in [5.74, 6) is 1.02. The minimum Gasteiger partial charge on any atom is -0.374 e. The lowest BCUT2D eigenvalue weighted by atomic mass is 9.75. The van der Waals surface area contributed by atoms with Gasteiger partial charge in [0, 0.05) is 19.3 Å². The first-order chi connectivity index (χ1) is 8.67. The molecule has 0 atom stereocenters. The predicted molar refractivity (Wildman–Crippen MR) is 83.8 cm³/mol. The summed E-state index contributed by atoms with van der Waals surface area (Å²) in [7, 11) is 2.22. The molecule has 0 spiro atoms.